The highest BCUT2D eigenvalue weighted by Crippen LogP contribution is 2.36. The van der Waals surface area contributed by atoms with Gasteiger partial charge < -0.3 is 10.6 Å². The highest BCUT2D eigenvalue weighted by molar-refractivity contribution is 6.09. The highest BCUT2D eigenvalue weighted by atomic mass is 16.2. The molecular weight excluding hydrogens is 398 g/mol. The van der Waals surface area contributed by atoms with E-state index >= 15 is 0 Å². The van der Waals surface area contributed by atoms with Gasteiger partial charge in [0, 0.05) is 24.5 Å². The summed E-state index contributed by atoms with van der Waals surface area (Å²) in [7, 11) is 0. The first-order valence-corrected chi connectivity index (χ1v) is 10.5. The largest absolute Gasteiger partial charge is 0.348 e. The molecule has 2 amide bonds. The summed E-state index contributed by atoms with van der Waals surface area (Å²) in [6.45, 7) is 0.361. The van der Waals surface area contributed by atoms with Crippen LogP contribution in [-0.4, -0.2) is 16.8 Å². The minimum absolute atomic E-state index is 0.240. The minimum atomic E-state index is -0.255. The SMILES string of the molecule is O=C(Nc1ccccc1C(=O)NCc1cccnc1)c1ccc2c(c1)Cc1ccccc1-2. The average molecular weight is 419 g/mol. The summed E-state index contributed by atoms with van der Waals surface area (Å²) >= 11 is 0. The number of amides is 2. The predicted octanol–water partition coefficient (Wildman–Crippen LogP) is 4.84. The van der Waals surface area contributed by atoms with Gasteiger partial charge in [-0.3, -0.25) is 14.6 Å². The van der Waals surface area contributed by atoms with E-state index in [1.54, 1.807) is 36.7 Å². The third-order valence-electron chi connectivity index (χ3n) is 5.65. The molecule has 0 radical (unpaired) electrons. The van der Waals surface area contributed by atoms with Crippen molar-refractivity contribution in [1.82, 2.24) is 10.3 Å². The Morgan fingerprint density at radius 3 is 2.50 bits per heavy atom. The number of nitrogens with zero attached hydrogens (tertiary/aromatic N) is 1. The van der Waals surface area contributed by atoms with Crippen molar-refractivity contribution in [1.29, 1.82) is 0 Å². The standard InChI is InChI=1S/C27H21N3O2/c31-26(20-11-12-23-21(15-20)14-19-7-1-2-8-22(19)23)30-25-10-4-3-9-24(25)27(32)29-17-18-6-5-13-28-16-18/h1-13,15-16H,14,17H2,(H,29,32)(H,30,31). The van der Waals surface area contributed by atoms with Crippen LogP contribution in [0, 0.1) is 0 Å². The van der Waals surface area contributed by atoms with Crippen LogP contribution in [0.4, 0.5) is 5.69 Å². The normalized spacial score (nSPS) is 11.4. The van der Waals surface area contributed by atoms with Crippen LogP contribution in [0.5, 0.6) is 0 Å². The maximum absolute atomic E-state index is 13.0. The lowest BCUT2D eigenvalue weighted by molar-refractivity contribution is 0.0951. The topological polar surface area (TPSA) is 71.1 Å². The third-order valence-corrected chi connectivity index (χ3v) is 5.65. The molecule has 4 aromatic rings. The molecule has 1 aliphatic carbocycles. The van der Waals surface area contributed by atoms with E-state index in [1.807, 2.05) is 42.5 Å². The number of pyridine rings is 1. The minimum Gasteiger partial charge on any atom is -0.348 e. The van der Waals surface area contributed by atoms with Crippen molar-refractivity contribution < 1.29 is 9.59 Å². The van der Waals surface area contributed by atoms with Gasteiger partial charge in [0.2, 0.25) is 0 Å². The van der Waals surface area contributed by atoms with Gasteiger partial charge in [-0.2, -0.15) is 0 Å². The van der Waals surface area contributed by atoms with Crippen LogP contribution in [0.15, 0.2) is 91.3 Å². The second kappa shape index (κ2) is 8.47. The van der Waals surface area contributed by atoms with E-state index in [1.165, 1.54) is 16.7 Å². The molecule has 0 unspecified atom stereocenters. The number of nitrogens with one attached hydrogen (secondary N) is 2. The molecule has 0 fully saturated rings. The van der Waals surface area contributed by atoms with E-state index in [0.717, 1.165) is 17.5 Å². The number of rotatable bonds is 5. The number of hydrogen-bond acceptors (Lipinski definition) is 3. The number of fused-ring (bicyclic) bond motifs is 3. The van der Waals surface area contributed by atoms with E-state index < -0.39 is 0 Å². The Morgan fingerprint density at radius 1 is 0.812 bits per heavy atom. The first-order chi connectivity index (χ1) is 15.7. The second-order valence-corrected chi connectivity index (χ2v) is 7.75. The second-order valence-electron chi connectivity index (χ2n) is 7.75. The van der Waals surface area contributed by atoms with E-state index in [-0.39, 0.29) is 11.8 Å². The van der Waals surface area contributed by atoms with Gasteiger partial charge in [-0.15, -0.1) is 0 Å². The molecule has 0 spiro atoms. The fourth-order valence-corrected chi connectivity index (χ4v) is 4.05. The first-order valence-electron chi connectivity index (χ1n) is 10.5. The Kier molecular flexibility index (Phi) is 5.22. The summed E-state index contributed by atoms with van der Waals surface area (Å²) in [5.41, 5.74) is 7.18. The number of aromatic nitrogens is 1. The quantitative estimate of drug-likeness (QED) is 0.428. The number of hydrogen-bond donors (Lipinski definition) is 2. The Morgan fingerprint density at radius 2 is 1.62 bits per heavy atom. The van der Waals surface area contributed by atoms with Crippen LogP contribution in [0.25, 0.3) is 11.1 Å². The molecular formula is C27H21N3O2. The highest BCUT2D eigenvalue weighted by Gasteiger charge is 2.20. The van der Waals surface area contributed by atoms with Crippen molar-refractivity contribution in [2.45, 2.75) is 13.0 Å². The molecule has 0 bridgehead atoms. The van der Waals surface area contributed by atoms with Gasteiger partial charge >= 0.3 is 0 Å². The monoisotopic (exact) mass is 419 g/mol. The maximum atomic E-state index is 13.0. The summed E-state index contributed by atoms with van der Waals surface area (Å²) in [6.07, 6.45) is 4.22. The number of carbonyl (C=O) groups is 2. The van der Waals surface area contributed by atoms with E-state index in [9.17, 15) is 9.59 Å². The molecule has 32 heavy (non-hydrogen) atoms. The summed E-state index contributed by atoms with van der Waals surface area (Å²) in [5.74, 6) is -0.495. The third kappa shape index (κ3) is 3.88. The van der Waals surface area contributed by atoms with Crippen molar-refractivity contribution in [2.24, 2.45) is 0 Å². The fourth-order valence-electron chi connectivity index (χ4n) is 4.05. The van der Waals surface area contributed by atoms with Gasteiger partial charge in [0.05, 0.1) is 11.3 Å². The van der Waals surface area contributed by atoms with Gasteiger partial charge in [0.15, 0.2) is 0 Å². The summed E-state index contributed by atoms with van der Waals surface area (Å²) in [6, 6.07) is 24.8. The molecule has 5 heteroatoms. The lowest BCUT2D eigenvalue weighted by atomic mass is 10.0. The zero-order chi connectivity index (χ0) is 21.9. The van der Waals surface area contributed by atoms with Crippen LogP contribution >= 0.6 is 0 Å². The maximum Gasteiger partial charge on any atom is 0.255 e. The van der Waals surface area contributed by atoms with Gasteiger partial charge in [0.1, 0.15) is 0 Å². The number of anilines is 1. The number of carbonyl (C=O) groups excluding carboxylic acids is 2. The molecule has 0 saturated carbocycles. The molecule has 0 atom stereocenters. The Labute approximate surface area is 186 Å². The summed E-state index contributed by atoms with van der Waals surface area (Å²) in [5, 5.41) is 5.79. The molecule has 1 heterocycles. The lowest BCUT2D eigenvalue weighted by Crippen LogP contribution is -2.25. The van der Waals surface area contributed by atoms with Gasteiger partial charge in [-0.05, 0) is 64.6 Å². The van der Waals surface area contributed by atoms with Crippen molar-refractivity contribution >= 4 is 17.5 Å². The lowest BCUT2D eigenvalue weighted by Gasteiger charge is -2.12. The van der Waals surface area contributed by atoms with Crippen molar-refractivity contribution in [3.05, 3.63) is 119 Å². The summed E-state index contributed by atoms with van der Waals surface area (Å²) in [4.78, 5) is 29.8. The van der Waals surface area contributed by atoms with Gasteiger partial charge in [-0.25, -0.2) is 0 Å². The van der Waals surface area contributed by atoms with Crippen molar-refractivity contribution in [3.63, 3.8) is 0 Å². The van der Waals surface area contributed by atoms with Crippen LogP contribution in [0.3, 0.4) is 0 Å². The van der Waals surface area contributed by atoms with Crippen LogP contribution in [-0.2, 0) is 13.0 Å². The molecule has 0 saturated heterocycles. The fraction of sp³-hybridized carbons (Fsp3) is 0.0741. The Hall–Kier alpha value is -4.25. The average Bonchev–Trinajstić information content (AvgIpc) is 3.21. The van der Waals surface area contributed by atoms with Crippen LogP contribution < -0.4 is 10.6 Å². The number of para-hydroxylation sites is 1. The Balaban J connectivity index is 1.32. The predicted molar refractivity (Wildman–Crippen MR) is 124 cm³/mol. The van der Waals surface area contributed by atoms with E-state index in [0.29, 0.717) is 23.4 Å². The van der Waals surface area contributed by atoms with Gasteiger partial charge in [-0.1, -0.05) is 48.5 Å². The molecule has 5 nitrogen and oxygen atoms in total. The zero-order valence-corrected chi connectivity index (χ0v) is 17.3. The van der Waals surface area contributed by atoms with Crippen molar-refractivity contribution in [3.8, 4) is 11.1 Å². The van der Waals surface area contributed by atoms with Crippen LogP contribution in [0.1, 0.15) is 37.4 Å². The van der Waals surface area contributed by atoms with Crippen molar-refractivity contribution in [2.75, 3.05) is 5.32 Å². The van der Waals surface area contributed by atoms with E-state index in [2.05, 4.69) is 27.8 Å². The molecule has 1 aromatic heterocycles. The Bertz CT molecular complexity index is 1320. The smallest absolute Gasteiger partial charge is 0.255 e. The molecule has 0 aliphatic heterocycles. The molecule has 1 aliphatic rings. The van der Waals surface area contributed by atoms with E-state index in [4.69, 9.17) is 0 Å². The first kappa shape index (κ1) is 19.7. The molecule has 5 rings (SSSR count). The molecule has 3 aromatic carbocycles. The molecule has 2 N–H and O–H groups in total. The number of benzene rings is 3. The summed E-state index contributed by atoms with van der Waals surface area (Å²) < 4.78 is 0. The van der Waals surface area contributed by atoms with Crippen LogP contribution in [0.2, 0.25) is 0 Å². The van der Waals surface area contributed by atoms with Gasteiger partial charge in [0.25, 0.3) is 11.8 Å². The zero-order valence-electron chi connectivity index (χ0n) is 17.3. The molecule has 156 valence electrons.